The van der Waals surface area contributed by atoms with Crippen LogP contribution in [-0.4, -0.2) is 24.1 Å². The third kappa shape index (κ3) is 2.83. The van der Waals surface area contributed by atoms with Crippen molar-refractivity contribution in [2.45, 2.75) is 58.0 Å². The van der Waals surface area contributed by atoms with Crippen molar-refractivity contribution < 1.29 is 0 Å². The highest BCUT2D eigenvalue weighted by Gasteiger charge is 2.33. The molecule has 0 bridgehead atoms. The third-order valence-corrected chi connectivity index (χ3v) is 5.00. The normalized spacial score (nSPS) is 26.4. The number of rotatable bonds is 4. The van der Waals surface area contributed by atoms with Crippen molar-refractivity contribution in [3.05, 3.63) is 24.0 Å². The van der Waals surface area contributed by atoms with Gasteiger partial charge in [0.2, 0.25) is 0 Å². The van der Waals surface area contributed by atoms with Crippen LogP contribution in [0.3, 0.4) is 0 Å². The predicted molar refractivity (Wildman–Crippen MR) is 83.9 cm³/mol. The monoisotopic (exact) mass is 273 g/mol. The molecule has 1 aromatic rings. The summed E-state index contributed by atoms with van der Waals surface area (Å²) in [6, 6.07) is 3.00. The molecule has 1 N–H and O–H groups in total. The van der Waals surface area contributed by atoms with Gasteiger partial charge in [-0.1, -0.05) is 19.8 Å². The summed E-state index contributed by atoms with van der Waals surface area (Å²) < 4.78 is 0. The molecular formula is C17H27N3. The second kappa shape index (κ2) is 6.57. The summed E-state index contributed by atoms with van der Waals surface area (Å²) in [5.74, 6) is 0.928. The van der Waals surface area contributed by atoms with Crippen molar-refractivity contribution in [2.24, 2.45) is 5.92 Å². The van der Waals surface area contributed by atoms with Crippen LogP contribution in [0.5, 0.6) is 0 Å². The van der Waals surface area contributed by atoms with Crippen molar-refractivity contribution >= 4 is 5.69 Å². The highest BCUT2D eigenvalue weighted by Crippen LogP contribution is 2.38. The van der Waals surface area contributed by atoms with E-state index in [1.807, 2.05) is 12.4 Å². The summed E-state index contributed by atoms with van der Waals surface area (Å²) >= 11 is 0. The van der Waals surface area contributed by atoms with Gasteiger partial charge in [-0.05, 0) is 44.2 Å². The van der Waals surface area contributed by atoms with E-state index in [1.54, 1.807) is 0 Å². The molecule has 1 aliphatic heterocycles. The summed E-state index contributed by atoms with van der Waals surface area (Å²) in [5, 5.41) is 3.45. The van der Waals surface area contributed by atoms with E-state index in [0.29, 0.717) is 0 Å². The molecule has 1 aliphatic carbocycles. The largest absolute Gasteiger partial charge is 0.368 e. The average Bonchev–Trinajstić information content (AvgIpc) is 2.53. The van der Waals surface area contributed by atoms with Crippen molar-refractivity contribution in [1.82, 2.24) is 10.3 Å². The first-order valence-corrected chi connectivity index (χ1v) is 8.30. The Bertz CT molecular complexity index is 430. The molecule has 0 radical (unpaired) electrons. The molecule has 1 saturated carbocycles. The second-order valence-electron chi connectivity index (χ2n) is 6.23. The fourth-order valence-electron chi connectivity index (χ4n) is 4.02. The van der Waals surface area contributed by atoms with Crippen LogP contribution in [0.15, 0.2) is 18.5 Å². The Labute approximate surface area is 122 Å². The number of hydrogen-bond donors (Lipinski definition) is 1. The molecule has 3 rings (SSSR count). The Kier molecular flexibility index (Phi) is 4.56. The molecule has 2 heterocycles. The van der Waals surface area contributed by atoms with Crippen LogP contribution in [0.25, 0.3) is 0 Å². The quantitative estimate of drug-likeness (QED) is 0.912. The maximum Gasteiger partial charge on any atom is 0.0445 e. The zero-order chi connectivity index (χ0) is 13.8. The minimum Gasteiger partial charge on any atom is -0.368 e. The predicted octanol–water partition coefficient (Wildman–Crippen LogP) is 3.35. The fraction of sp³-hybridized carbons (Fsp3) is 0.706. The molecule has 0 aromatic carbocycles. The molecule has 0 spiro atoms. The third-order valence-electron chi connectivity index (χ3n) is 5.00. The number of pyridine rings is 1. The summed E-state index contributed by atoms with van der Waals surface area (Å²) in [7, 11) is 0. The van der Waals surface area contributed by atoms with Crippen LogP contribution >= 0.6 is 0 Å². The lowest BCUT2D eigenvalue weighted by Crippen LogP contribution is -2.47. The average molecular weight is 273 g/mol. The second-order valence-corrected chi connectivity index (χ2v) is 6.23. The summed E-state index contributed by atoms with van der Waals surface area (Å²) in [4.78, 5) is 7.03. The van der Waals surface area contributed by atoms with Crippen LogP contribution < -0.4 is 10.2 Å². The van der Waals surface area contributed by atoms with Gasteiger partial charge in [0.1, 0.15) is 0 Å². The number of hydrogen-bond acceptors (Lipinski definition) is 3. The van der Waals surface area contributed by atoms with E-state index >= 15 is 0 Å². The van der Waals surface area contributed by atoms with Crippen molar-refractivity contribution in [3.63, 3.8) is 0 Å². The highest BCUT2D eigenvalue weighted by molar-refractivity contribution is 5.53. The number of anilines is 1. The summed E-state index contributed by atoms with van der Waals surface area (Å²) in [6.07, 6.45) is 12.5. The molecule has 2 atom stereocenters. The Morgan fingerprint density at radius 1 is 1.25 bits per heavy atom. The molecule has 2 fully saturated rings. The van der Waals surface area contributed by atoms with E-state index in [2.05, 4.69) is 28.2 Å². The number of fused-ring (bicyclic) bond motifs is 1. The van der Waals surface area contributed by atoms with Crippen LogP contribution in [0.4, 0.5) is 5.69 Å². The minimum atomic E-state index is 0.778. The highest BCUT2D eigenvalue weighted by atomic mass is 15.2. The van der Waals surface area contributed by atoms with E-state index in [-0.39, 0.29) is 0 Å². The lowest BCUT2D eigenvalue weighted by atomic mass is 9.78. The van der Waals surface area contributed by atoms with Gasteiger partial charge in [-0.15, -0.1) is 0 Å². The van der Waals surface area contributed by atoms with E-state index < -0.39 is 0 Å². The summed E-state index contributed by atoms with van der Waals surface area (Å²) in [6.45, 7) is 5.34. The minimum absolute atomic E-state index is 0.778. The van der Waals surface area contributed by atoms with Gasteiger partial charge in [0.05, 0.1) is 0 Å². The number of nitrogens with one attached hydrogen (secondary N) is 1. The van der Waals surface area contributed by atoms with Crippen molar-refractivity contribution in [1.29, 1.82) is 0 Å². The fourth-order valence-corrected chi connectivity index (χ4v) is 4.02. The lowest BCUT2D eigenvalue weighted by Gasteiger charge is -2.46. The number of aromatic nitrogens is 1. The first-order valence-electron chi connectivity index (χ1n) is 8.30. The topological polar surface area (TPSA) is 28.2 Å². The standard InChI is InChI=1S/C17H27N3/c1-2-18-12-15-13-19-10-9-17(15)20-11-5-7-14-6-3-4-8-16(14)20/h9-10,13-14,16,18H,2-8,11-12H2,1H3. The molecular weight excluding hydrogens is 246 g/mol. The van der Waals surface area contributed by atoms with Gasteiger partial charge in [0, 0.05) is 42.8 Å². The van der Waals surface area contributed by atoms with Crippen LogP contribution in [0, 0.1) is 5.92 Å². The maximum absolute atomic E-state index is 4.33. The molecule has 20 heavy (non-hydrogen) atoms. The molecule has 2 aliphatic rings. The van der Waals surface area contributed by atoms with Crippen LogP contribution in [0.2, 0.25) is 0 Å². The molecule has 110 valence electrons. The molecule has 3 heteroatoms. The van der Waals surface area contributed by atoms with Gasteiger partial charge < -0.3 is 10.2 Å². The molecule has 1 aromatic heterocycles. The molecule has 3 nitrogen and oxygen atoms in total. The number of piperidine rings is 1. The number of nitrogens with zero attached hydrogens (tertiary/aromatic N) is 2. The molecule has 1 saturated heterocycles. The van der Waals surface area contributed by atoms with Crippen LogP contribution in [0.1, 0.15) is 51.0 Å². The van der Waals surface area contributed by atoms with Crippen LogP contribution in [-0.2, 0) is 6.54 Å². The van der Waals surface area contributed by atoms with E-state index in [9.17, 15) is 0 Å². The summed E-state index contributed by atoms with van der Waals surface area (Å²) in [5.41, 5.74) is 2.79. The van der Waals surface area contributed by atoms with Gasteiger partial charge in [-0.2, -0.15) is 0 Å². The first kappa shape index (κ1) is 13.9. The van der Waals surface area contributed by atoms with Crippen molar-refractivity contribution in [2.75, 3.05) is 18.0 Å². The Hall–Kier alpha value is -1.09. The molecule has 2 unspecified atom stereocenters. The van der Waals surface area contributed by atoms with Gasteiger partial charge in [0.25, 0.3) is 0 Å². The first-order chi connectivity index (χ1) is 9.90. The van der Waals surface area contributed by atoms with E-state index in [4.69, 9.17) is 0 Å². The Balaban J connectivity index is 1.83. The zero-order valence-electron chi connectivity index (χ0n) is 12.6. The van der Waals surface area contributed by atoms with E-state index in [1.165, 1.54) is 56.3 Å². The molecule has 0 amide bonds. The maximum atomic E-state index is 4.33. The van der Waals surface area contributed by atoms with Crippen molar-refractivity contribution in [3.8, 4) is 0 Å². The Morgan fingerprint density at radius 3 is 3.00 bits per heavy atom. The van der Waals surface area contributed by atoms with E-state index in [0.717, 1.165) is 25.0 Å². The Morgan fingerprint density at radius 2 is 2.10 bits per heavy atom. The van der Waals surface area contributed by atoms with Gasteiger partial charge in [0.15, 0.2) is 0 Å². The SMILES string of the molecule is CCNCc1cnccc1N1CCCC2CCCCC21. The van der Waals surface area contributed by atoms with Gasteiger partial charge >= 0.3 is 0 Å². The smallest absolute Gasteiger partial charge is 0.0445 e. The van der Waals surface area contributed by atoms with Gasteiger partial charge in [-0.25, -0.2) is 0 Å². The van der Waals surface area contributed by atoms with Gasteiger partial charge in [-0.3, -0.25) is 4.98 Å². The lowest BCUT2D eigenvalue weighted by molar-refractivity contribution is 0.243. The zero-order valence-corrected chi connectivity index (χ0v) is 12.6.